The fraction of sp³-hybridized carbons (Fsp3) is 0.176. The molecule has 3 nitrogen and oxygen atoms in total. The summed E-state index contributed by atoms with van der Waals surface area (Å²) in [5.74, 6) is -2.26. The third-order valence-corrected chi connectivity index (χ3v) is 4.46. The van der Waals surface area contributed by atoms with Gasteiger partial charge in [-0.3, -0.25) is 4.79 Å². The number of imidazole rings is 1. The van der Waals surface area contributed by atoms with E-state index in [2.05, 4.69) is 9.97 Å². The Hall–Kier alpha value is -2.21. The maximum Gasteiger partial charge on any atom is 0.176 e. The molecule has 3 aromatic rings. The first-order chi connectivity index (χ1) is 10.9. The number of hydrogen-bond donors (Lipinski definition) is 1. The lowest BCUT2D eigenvalue weighted by atomic mass is 10.1. The minimum Gasteiger partial charge on any atom is -0.333 e. The average molecular weight is 332 g/mol. The van der Waals surface area contributed by atoms with Crippen LogP contribution in [0.5, 0.6) is 0 Å². The molecule has 0 aliphatic carbocycles. The smallest absolute Gasteiger partial charge is 0.176 e. The SMILES string of the molecule is Cc1ccc2nc(SC(C)C(=O)c3ccc(F)c(F)c3)[nH]c2c1. The van der Waals surface area contributed by atoms with Crippen LogP contribution in [-0.2, 0) is 0 Å². The molecule has 1 aromatic heterocycles. The van der Waals surface area contributed by atoms with Gasteiger partial charge in [0.1, 0.15) is 0 Å². The molecule has 0 aliphatic rings. The van der Waals surface area contributed by atoms with Crippen molar-refractivity contribution >= 4 is 28.6 Å². The average Bonchev–Trinajstić information content (AvgIpc) is 2.90. The van der Waals surface area contributed by atoms with Crippen molar-refractivity contribution in [3.05, 3.63) is 59.2 Å². The standard InChI is InChI=1S/C17H14F2N2OS/c1-9-3-6-14-15(7-9)21-17(20-14)23-10(2)16(22)11-4-5-12(18)13(19)8-11/h3-8,10H,1-2H3,(H,20,21). The second-order valence-electron chi connectivity index (χ2n) is 5.32. The van der Waals surface area contributed by atoms with Crippen molar-refractivity contribution in [2.45, 2.75) is 24.3 Å². The van der Waals surface area contributed by atoms with Crippen LogP contribution >= 0.6 is 11.8 Å². The summed E-state index contributed by atoms with van der Waals surface area (Å²) < 4.78 is 26.2. The number of fused-ring (bicyclic) bond motifs is 1. The molecule has 2 aromatic carbocycles. The lowest BCUT2D eigenvalue weighted by Gasteiger charge is -2.08. The van der Waals surface area contributed by atoms with Gasteiger partial charge in [0.2, 0.25) is 0 Å². The second kappa shape index (κ2) is 6.12. The summed E-state index contributed by atoms with van der Waals surface area (Å²) in [6.45, 7) is 3.70. The summed E-state index contributed by atoms with van der Waals surface area (Å²) in [7, 11) is 0. The van der Waals surface area contributed by atoms with E-state index in [4.69, 9.17) is 0 Å². The molecule has 23 heavy (non-hydrogen) atoms. The molecular weight excluding hydrogens is 318 g/mol. The number of benzene rings is 2. The number of Topliss-reactive ketones (excluding diaryl/α,β-unsaturated/α-hetero) is 1. The number of ketones is 1. The molecular formula is C17H14F2N2OS. The van der Waals surface area contributed by atoms with Crippen LogP contribution in [0, 0.1) is 18.6 Å². The monoisotopic (exact) mass is 332 g/mol. The number of halogens is 2. The number of nitrogens with zero attached hydrogens (tertiary/aromatic N) is 1. The second-order valence-corrected chi connectivity index (χ2v) is 6.65. The van der Waals surface area contributed by atoms with Crippen LogP contribution in [0.3, 0.4) is 0 Å². The van der Waals surface area contributed by atoms with Gasteiger partial charge in [-0.1, -0.05) is 17.8 Å². The molecule has 0 amide bonds. The molecule has 1 N–H and O–H groups in total. The summed E-state index contributed by atoms with van der Waals surface area (Å²) in [5.41, 5.74) is 2.99. The van der Waals surface area contributed by atoms with Crippen LogP contribution in [0.1, 0.15) is 22.8 Å². The van der Waals surface area contributed by atoms with Gasteiger partial charge in [0.05, 0.1) is 16.3 Å². The number of thioether (sulfide) groups is 1. The van der Waals surface area contributed by atoms with Gasteiger partial charge in [-0.05, 0) is 49.7 Å². The largest absolute Gasteiger partial charge is 0.333 e. The minimum atomic E-state index is -1.02. The first kappa shape index (κ1) is 15.7. The number of aromatic nitrogens is 2. The number of carbonyl (C=O) groups excluding carboxylic acids is 1. The molecule has 1 atom stereocenters. The Balaban J connectivity index is 1.80. The highest BCUT2D eigenvalue weighted by atomic mass is 32.2. The van der Waals surface area contributed by atoms with E-state index >= 15 is 0 Å². The van der Waals surface area contributed by atoms with Crippen LogP contribution < -0.4 is 0 Å². The summed E-state index contributed by atoms with van der Waals surface area (Å²) in [5, 5.41) is 0.149. The van der Waals surface area contributed by atoms with E-state index in [1.165, 1.54) is 17.8 Å². The molecule has 0 aliphatic heterocycles. The molecule has 0 spiro atoms. The third-order valence-electron chi connectivity index (χ3n) is 3.48. The van der Waals surface area contributed by atoms with Crippen molar-refractivity contribution in [3.63, 3.8) is 0 Å². The fourth-order valence-electron chi connectivity index (χ4n) is 2.26. The highest BCUT2D eigenvalue weighted by Gasteiger charge is 2.19. The van der Waals surface area contributed by atoms with Gasteiger partial charge >= 0.3 is 0 Å². The van der Waals surface area contributed by atoms with E-state index in [-0.39, 0.29) is 11.3 Å². The Kier molecular flexibility index (Phi) is 4.17. The van der Waals surface area contributed by atoms with Gasteiger partial charge in [0.15, 0.2) is 22.6 Å². The van der Waals surface area contributed by atoms with Gasteiger partial charge in [0, 0.05) is 5.56 Å². The van der Waals surface area contributed by atoms with E-state index in [0.717, 1.165) is 28.7 Å². The molecule has 3 rings (SSSR count). The molecule has 0 saturated carbocycles. The summed E-state index contributed by atoms with van der Waals surface area (Å²) >= 11 is 1.26. The van der Waals surface area contributed by atoms with E-state index in [1.54, 1.807) is 6.92 Å². The molecule has 0 fully saturated rings. The number of H-pyrrole nitrogens is 1. The molecule has 118 valence electrons. The van der Waals surface area contributed by atoms with Crippen LogP contribution in [0.15, 0.2) is 41.6 Å². The predicted octanol–water partition coefficient (Wildman–Crippen LogP) is 4.51. The highest BCUT2D eigenvalue weighted by molar-refractivity contribution is 8.00. The van der Waals surface area contributed by atoms with Gasteiger partial charge in [-0.25, -0.2) is 13.8 Å². The maximum absolute atomic E-state index is 13.3. The Labute approximate surface area is 136 Å². The van der Waals surface area contributed by atoms with E-state index in [1.807, 2.05) is 25.1 Å². The number of aryl methyl sites for hydroxylation is 1. The molecule has 0 radical (unpaired) electrons. The van der Waals surface area contributed by atoms with Gasteiger partial charge in [0.25, 0.3) is 0 Å². The van der Waals surface area contributed by atoms with Crippen molar-refractivity contribution in [1.29, 1.82) is 0 Å². The molecule has 1 heterocycles. The Bertz CT molecular complexity index is 891. The zero-order valence-electron chi connectivity index (χ0n) is 12.6. The van der Waals surface area contributed by atoms with Crippen LogP contribution in [0.2, 0.25) is 0 Å². The van der Waals surface area contributed by atoms with Gasteiger partial charge in [-0.2, -0.15) is 0 Å². The number of nitrogens with one attached hydrogen (secondary N) is 1. The van der Waals surface area contributed by atoms with Crippen molar-refractivity contribution in [1.82, 2.24) is 9.97 Å². The first-order valence-corrected chi connectivity index (χ1v) is 7.94. The lowest BCUT2D eigenvalue weighted by Crippen LogP contribution is -2.14. The van der Waals surface area contributed by atoms with E-state index in [0.29, 0.717) is 5.16 Å². The number of aromatic amines is 1. The predicted molar refractivity (Wildman–Crippen MR) is 86.8 cm³/mol. The number of rotatable bonds is 4. The van der Waals surface area contributed by atoms with E-state index < -0.39 is 16.9 Å². The van der Waals surface area contributed by atoms with Crippen molar-refractivity contribution in [2.24, 2.45) is 0 Å². The number of hydrogen-bond acceptors (Lipinski definition) is 3. The zero-order chi connectivity index (χ0) is 16.6. The quantitative estimate of drug-likeness (QED) is 0.565. The molecule has 6 heteroatoms. The summed E-state index contributed by atoms with van der Waals surface area (Å²) in [4.78, 5) is 19.9. The Morgan fingerprint density at radius 3 is 2.70 bits per heavy atom. The van der Waals surface area contributed by atoms with E-state index in [9.17, 15) is 13.6 Å². The zero-order valence-corrected chi connectivity index (χ0v) is 13.4. The fourth-order valence-corrected chi connectivity index (χ4v) is 3.16. The normalized spacial score (nSPS) is 12.5. The number of carbonyl (C=O) groups is 1. The molecule has 0 bridgehead atoms. The van der Waals surface area contributed by atoms with Crippen molar-refractivity contribution in [3.8, 4) is 0 Å². The van der Waals surface area contributed by atoms with Crippen LogP contribution in [0.4, 0.5) is 8.78 Å². The van der Waals surface area contributed by atoms with Crippen LogP contribution in [-0.4, -0.2) is 21.0 Å². The Morgan fingerprint density at radius 2 is 1.96 bits per heavy atom. The molecule has 0 saturated heterocycles. The van der Waals surface area contributed by atoms with Crippen LogP contribution in [0.25, 0.3) is 11.0 Å². The third kappa shape index (κ3) is 3.27. The van der Waals surface area contributed by atoms with Gasteiger partial charge in [-0.15, -0.1) is 0 Å². The maximum atomic E-state index is 13.3. The first-order valence-electron chi connectivity index (χ1n) is 7.06. The topological polar surface area (TPSA) is 45.8 Å². The van der Waals surface area contributed by atoms with Crippen molar-refractivity contribution in [2.75, 3.05) is 0 Å². The highest BCUT2D eigenvalue weighted by Crippen LogP contribution is 2.26. The minimum absolute atomic E-state index is 0.149. The summed E-state index contributed by atoms with van der Waals surface area (Å²) in [6.07, 6.45) is 0. The summed E-state index contributed by atoms with van der Waals surface area (Å²) in [6, 6.07) is 9.04. The molecule has 1 unspecified atom stereocenters. The lowest BCUT2D eigenvalue weighted by molar-refractivity contribution is 0.0993. The van der Waals surface area contributed by atoms with Gasteiger partial charge < -0.3 is 4.98 Å². The Morgan fingerprint density at radius 1 is 1.17 bits per heavy atom. The van der Waals surface area contributed by atoms with Crippen molar-refractivity contribution < 1.29 is 13.6 Å².